The molecule has 0 amide bonds. The number of nitrogens with zero attached hydrogens (tertiary/aromatic N) is 2. The fourth-order valence-electron chi connectivity index (χ4n) is 9.30. The Morgan fingerprint density at radius 3 is 1.76 bits per heavy atom. The molecule has 59 heavy (non-hydrogen) atoms. The molecule has 0 spiro atoms. The SMILES string of the molecule is c1cc(-c2cccc3oc4ccccc4c23)cc(N(c2ccc(-c3ccccc3-n3c4ccccc4c4ccccc43)cc2)c2ccc3c(ccc4ccccc43)c2)c1. The van der Waals surface area contributed by atoms with Crippen LogP contribution in [-0.4, -0.2) is 4.57 Å². The average Bonchev–Trinajstić information content (AvgIpc) is 3.85. The summed E-state index contributed by atoms with van der Waals surface area (Å²) in [6.45, 7) is 0. The zero-order valence-corrected chi connectivity index (χ0v) is 32.1. The predicted octanol–water partition coefficient (Wildman–Crippen LogP) is 15.8. The van der Waals surface area contributed by atoms with E-state index in [0.717, 1.165) is 61.4 Å². The lowest BCUT2D eigenvalue weighted by Crippen LogP contribution is -2.10. The average molecular weight is 753 g/mol. The number of furan rings is 1. The molecular weight excluding hydrogens is 717 g/mol. The fraction of sp³-hybridized carbons (Fsp3) is 0. The fourth-order valence-corrected chi connectivity index (χ4v) is 9.30. The van der Waals surface area contributed by atoms with Crippen LogP contribution in [0.25, 0.3) is 93.2 Å². The second kappa shape index (κ2) is 13.4. The van der Waals surface area contributed by atoms with E-state index >= 15 is 0 Å². The Kier molecular flexibility index (Phi) is 7.54. The van der Waals surface area contributed by atoms with Gasteiger partial charge in [-0.3, -0.25) is 0 Å². The number of aromatic nitrogens is 1. The lowest BCUT2D eigenvalue weighted by Gasteiger charge is -2.27. The summed E-state index contributed by atoms with van der Waals surface area (Å²) in [5.74, 6) is 0. The van der Waals surface area contributed by atoms with Gasteiger partial charge in [-0.25, -0.2) is 0 Å². The van der Waals surface area contributed by atoms with Gasteiger partial charge >= 0.3 is 0 Å². The van der Waals surface area contributed by atoms with Crippen LogP contribution in [0.4, 0.5) is 17.1 Å². The number of anilines is 3. The van der Waals surface area contributed by atoms with E-state index < -0.39 is 0 Å². The normalized spacial score (nSPS) is 11.7. The van der Waals surface area contributed by atoms with E-state index in [9.17, 15) is 0 Å². The standard InChI is InChI=1S/C56H36N2O/c1-2-16-44-37(13-1)27-28-40-36-43(33-34-45(40)44)57(42-15-11-14-39(35-42)47-21-12-26-55-56(47)50-20-6-10-25-54(50)59-55)41-31-29-38(30-32-41)46-17-3-7-22-51(46)58-52-23-8-4-18-48(52)49-19-5-9-24-53(49)58/h1-36H. The van der Waals surface area contributed by atoms with Crippen LogP contribution in [0.3, 0.4) is 0 Å². The maximum atomic E-state index is 6.31. The molecule has 2 heterocycles. The third-order valence-electron chi connectivity index (χ3n) is 12.0. The van der Waals surface area contributed by atoms with E-state index in [2.05, 4.69) is 216 Å². The monoisotopic (exact) mass is 752 g/mol. The predicted molar refractivity (Wildman–Crippen MR) is 249 cm³/mol. The number of benzene rings is 10. The molecule has 276 valence electrons. The topological polar surface area (TPSA) is 21.3 Å². The Morgan fingerprint density at radius 2 is 0.932 bits per heavy atom. The van der Waals surface area contributed by atoms with E-state index in [-0.39, 0.29) is 0 Å². The van der Waals surface area contributed by atoms with Crippen molar-refractivity contribution in [3.63, 3.8) is 0 Å². The molecule has 0 aliphatic rings. The van der Waals surface area contributed by atoms with Crippen LogP contribution in [0.5, 0.6) is 0 Å². The molecule has 12 rings (SSSR count). The van der Waals surface area contributed by atoms with Gasteiger partial charge in [-0.05, 0) is 105 Å². The summed E-state index contributed by atoms with van der Waals surface area (Å²) in [7, 11) is 0. The van der Waals surface area contributed by atoms with Crippen LogP contribution in [0, 0.1) is 0 Å². The lowest BCUT2D eigenvalue weighted by molar-refractivity contribution is 0.669. The molecule has 3 nitrogen and oxygen atoms in total. The van der Waals surface area contributed by atoms with Crippen molar-refractivity contribution in [2.45, 2.75) is 0 Å². The van der Waals surface area contributed by atoms with Gasteiger partial charge in [-0.2, -0.15) is 0 Å². The van der Waals surface area contributed by atoms with Gasteiger partial charge in [0.1, 0.15) is 11.2 Å². The molecule has 0 saturated heterocycles. The first-order valence-corrected chi connectivity index (χ1v) is 20.2. The highest BCUT2D eigenvalue weighted by atomic mass is 16.3. The summed E-state index contributed by atoms with van der Waals surface area (Å²) in [6.07, 6.45) is 0. The van der Waals surface area contributed by atoms with Crippen molar-refractivity contribution in [3.05, 3.63) is 218 Å². The molecule has 12 aromatic rings. The quantitative estimate of drug-likeness (QED) is 0.158. The Hall–Kier alpha value is -7.88. The minimum Gasteiger partial charge on any atom is -0.456 e. The molecule has 2 aromatic heterocycles. The van der Waals surface area contributed by atoms with Crippen molar-refractivity contribution in [2.75, 3.05) is 4.90 Å². The highest BCUT2D eigenvalue weighted by molar-refractivity contribution is 6.13. The van der Waals surface area contributed by atoms with Crippen LogP contribution in [0.15, 0.2) is 223 Å². The summed E-state index contributed by atoms with van der Waals surface area (Å²) in [5.41, 5.74) is 13.2. The first kappa shape index (κ1) is 33.3. The largest absolute Gasteiger partial charge is 0.456 e. The number of hydrogen-bond donors (Lipinski definition) is 0. The zero-order chi connectivity index (χ0) is 38.9. The van der Waals surface area contributed by atoms with Crippen LogP contribution >= 0.6 is 0 Å². The van der Waals surface area contributed by atoms with Gasteiger partial charge in [0.2, 0.25) is 0 Å². The van der Waals surface area contributed by atoms with E-state index in [0.29, 0.717) is 0 Å². The smallest absolute Gasteiger partial charge is 0.136 e. The summed E-state index contributed by atoms with van der Waals surface area (Å²) in [4.78, 5) is 2.38. The molecule has 0 fully saturated rings. The highest BCUT2D eigenvalue weighted by Crippen LogP contribution is 2.43. The van der Waals surface area contributed by atoms with Crippen molar-refractivity contribution in [2.24, 2.45) is 0 Å². The van der Waals surface area contributed by atoms with Gasteiger partial charge in [0.15, 0.2) is 0 Å². The van der Waals surface area contributed by atoms with Crippen molar-refractivity contribution < 1.29 is 4.42 Å². The minimum absolute atomic E-state index is 0.893. The Bertz CT molecular complexity index is 3520. The van der Waals surface area contributed by atoms with Gasteiger partial charge in [0.05, 0.1) is 16.7 Å². The Labute approximate surface area is 341 Å². The minimum atomic E-state index is 0.893. The van der Waals surface area contributed by atoms with Crippen molar-refractivity contribution >= 4 is 82.4 Å². The first-order valence-electron chi connectivity index (χ1n) is 20.2. The molecule has 10 aromatic carbocycles. The van der Waals surface area contributed by atoms with Crippen molar-refractivity contribution in [3.8, 4) is 27.9 Å². The van der Waals surface area contributed by atoms with Gasteiger partial charge in [-0.1, -0.05) is 152 Å². The third-order valence-corrected chi connectivity index (χ3v) is 12.0. The molecule has 0 radical (unpaired) electrons. The van der Waals surface area contributed by atoms with Crippen LogP contribution < -0.4 is 4.90 Å². The molecule has 0 atom stereocenters. The highest BCUT2D eigenvalue weighted by Gasteiger charge is 2.19. The van der Waals surface area contributed by atoms with Crippen LogP contribution in [0.2, 0.25) is 0 Å². The lowest BCUT2D eigenvalue weighted by atomic mass is 9.98. The number of hydrogen-bond acceptors (Lipinski definition) is 2. The van der Waals surface area contributed by atoms with Crippen molar-refractivity contribution in [1.29, 1.82) is 0 Å². The summed E-state index contributed by atoms with van der Waals surface area (Å²) >= 11 is 0. The van der Waals surface area contributed by atoms with Crippen LogP contribution in [-0.2, 0) is 0 Å². The molecule has 0 unspecified atom stereocenters. The van der Waals surface area contributed by atoms with Gasteiger partial charge < -0.3 is 13.9 Å². The Balaban J connectivity index is 1.02. The summed E-state index contributed by atoms with van der Waals surface area (Å²) in [5, 5.41) is 9.73. The molecule has 0 saturated carbocycles. The van der Waals surface area contributed by atoms with Gasteiger partial charge in [0, 0.05) is 44.2 Å². The van der Waals surface area contributed by atoms with E-state index in [1.54, 1.807) is 0 Å². The molecule has 0 aliphatic heterocycles. The molecule has 0 N–H and O–H groups in total. The van der Waals surface area contributed by atoms with Gasteiger partial charge in [0.25, 0.3) is 0 Å². The third kappa shape index (κ3) is 5.36. The maximum Gasteiger partial charge on any atom is 0.136 e. The van der Waals surface area contributed by atoms with Gasteiger partial charge in [-0.15, -0.1) is 0 Å². The van der Waals surface area contributed by atoms with Crippen LogP contribution in [0.1, 0.15) is 0 Å². The summed E-state index contributed by atoms with van der Waals surface area (Å²) < 4.78 is 8.72. The van der Waals surface area contributed by atoms with E-state index in [4.69, 9.17) is 4.42 Å². The van der Waals surface area contributed by atoms with E-state index in [1.807, 2.05) is 12.1 Å². The van der Waals surface area contributed by atoms with E-state index in [1.165, 1.54) is 48.9 Å². The molecule has 0 bridgehead atoms. The number of rotatable bonds is 6. The second-order valence-electron chi connectivity index (χ2n) is 15.3. The second-order valence-corrected chi connectivity index (χ2v) is 15.3. The first-order chi connectivity index (χ1) is 29.3. The molecule has 0 aliphatic carbocycles. The number of fused-ring (bicyclic) bond motifs is 9. The molecular formula is C56H36N2O. The maximum absolute atomic E-state index is 6.31. The molecule has 3 heteroatoms. The Morgan fingerprint density at radius 1 is 0.339 bits per heavy atom. The van der Waals surface area contributed by atoms with Crippen molar-refractivity contribution in [1.82, 2.24) is 4.57 Å². The zero-order valence-electron chi connectivity index (χ0n) is 32.1. The summed E-state index contributed by atoms with van der Waals surface area (Å²) in [6, 6.07) is 78.8. The number of para-hydroxylation sites is 4.